The van der Waals surface area contributed by atoms with Crippen LogP contribution < -0.4 is 5.73 Å². The van der Waals surface area contributed by atoms with E-state index < -0.39 is 0 Å². The van der Waals surface area contributed by atoms with Crippen molar-refractivity contribution in [3.05, 3.63) is 23.8 Å². The Bertz CT molecular complexity index is 373. The highest BCUT2D eigenvalue weighted by Crippen LogP contribution is 2.57. The molecule has 16 heavy (non-hydrogen) atoms. The lowest BCUT2D eigenvalue weighted by atomic mass is 10.1. The fourth-order valence-electron chi connectivity index (χ4n) is 2.02. The first-order chi connectivity index (χ1) is 7.53. The summed E-state index contributed by atoms with van der Waals surface area (Å²) in [5.41, 5.74) is 7.42. The molecule has 0 saturated heterocycles. The van der Waals surface area contributed by atoms with E-state index in [9.17, 15) is 0 Å². The van der Waals surface area contributed by atoms with Crippen LogP contribution in [0.1, 0.15) is 51.0 Å². The zero-order valence-electron chi connectivity index (χ0n) is 10.4. The number of rotatable bonds is 4. The van der Waals surface area contributed by atoms with Crippen LogP contribution in [0.3, 0.4) is 0 Å². The molecule has 1 aliphatic carbocycles. The van der Waals surface area contributed by atoms with Crippen LogP contribution >= 0.6 is 0 Å². The van der Waals surface area contributed by atoms with E-state index in [1.165, 1.54) is 6.42 Å². The Balaban J connectivity index is 2.09. The van der Waals surface area contributed by atoms with Crippen LogP contribution in [0.4, 0.5) is 0 Å². The van der Waals surface area contributed by atoms with Gasteiger partial charge in [-0.1, -0.05) is 20.8 Å². The third-order valence-corrected chi connectivity index (χ3v) is 3.55. The molecule has 0 radical (unpaired) electrons. The molecule has 2 rings (SSSR count). The summed E-state index contributed by atoms with van der Waals surface area (Å²) in [5.74, 6) is 1.55. The van der Waals surface area contributed by atoms with Gasteiger partial charge in [-0.3, -0.25) is 0 Å². The molecule has 2 atom stereocenters. The van der Waals surface area contributed by atoms with Gasteiger partial charge in [0, 0.05) is 30.3 Å². The van der Waals surface area contributed by atoms with E-state index in [0.717, 1.165) is 24.4 Å². The molecule has 1 heterocycles. The first-order valence-electron chi connectivity index (χ1n) is 6.10. The van der Waals surface area contributed by atoms with Crippen molar-refractivity contribution in [3.63, 3.8) is 0 Å². The molecule has 0 aromatic carbocycles. The summed E-state index contributed by atoms with van der Waals surface area (Å²) in [6.45, 7) is 6.65. The lowest BCUT2D eigenvalue weighted by molar-refractivity contribution is 0.599. The molecule has 1 aromatic rings. The highest BCUT2D eigenvalue weighted by Gasteiger charge is 2.48. The summed E-state index contributed by atoms with van der Waals surface area (Å²) < 4.78 is 0. The maximum Gasteiger partial charge on any atom is 0.132 e. The van der Waals surface area contributed by atoms with Crippen molar-refractivity contribution >= 4 is 0 Å². The Kier molecular flexibility index (Phi) is 2.98. The first-order valence-corrected chi connectivity index (χ1v) is 6.10. The molecule has 0 bridgehead atoms. The van der Waals surface area contributed by atoms with Crippen molar-refractivity contribution in [1.29, 1.82) is 0 Å². The summed E-state index contributed by atoms with van der Waals surface area (Å²) in [5, 5.41) is 0. The maximum atomic E-state index is 5.94. The molecule has 88 valence electrons. The number of nitrogens with zero attached hydrogens (tertiary/aromatic N) is 2. The zero-order valence-corrected chi connectivity index (χ0v) is 10.4. The van der Waals surface area contributed by atoms with Crippen molar-refractivity contribution in [2.75, 3.05) is 0 Å². The fourth-order valence-corrected chi connectivity index (χ4v) is 2.02. The van der Waals surface area contributed by atoms with E-state index in [0.29, 0.717) is 11.3 Å². The third kappa shape index (κ3) is 2.40. The maximum absolute atomic E-state index is 5.94. The highest BCUT2D eigenvalue weighted by atomic mass is 14.9. The lowest BCUT2D eigenvalue weighted by Crippen LogP contribution is -2.22. The van der Waals surface area contributed by atoms with Gasteiger partial charge in [-0.25, -0.2) is 9.97 Å². The largest absolute Gasteiger partial charge is 0.327 e. The molecular weight excluding hydrogens is 198 g/mol. The van der Waals surface area contributed by atoms with E-state index in [1.807, 2.05) is 12.3 Å². The normalized spacial score (nSPS) is 24.1. The van der Waals surface area contributed by atoms with Gasteiger partial charge < -0.3 is 5.73 Å². The summed E-state index contributed by atoms with van der Waals surface area (Å²) in [6.07, 6.45) is 4.93. The Hall–Kier alpha value is -0.960. The quantitative estimate of drug-likeness (QED) is 0.845. The molecule has 1 aliphatic rings. The van der Waals surface area contributed by atoms with Crippen LogP contribution in [-0.4, -0.2) is 16.0 Å². The molecule has 1 saturated carbocycles. The van der Waals surface area contributed by atoms with Gasteiger partial charge in [-0.15, -0.1) is 0 Å². The molecule has 1 aromatic heterocycles. The third-order valence-electron chi connectivity index (χ3n) is 3.55. The lowest BCUT2D eigenvalue weighted by Gasteiger charge is -2.09. The average Bonchev–Trinajstić information content (AvgIpc) is 2.88. The van der Waals surface area contributed by atoms with Crippen LogP contribution in [0.5, 0.6) is 0 Å². The summed E-state index contributed by atoms with van der Waals surface area (Å²) in [4.78, 5) is 9.01. The monoisotopic (exact) mass is 219 g/mol. The smallest absolute Gasteiger partial charge is 0.132 e. The number of hydrogen-bond acceptors (Lipinski definition) is 3. The second-order valence-corrected chi connectivity index (χ2v) is 5.52. The molecule has 3 heteroatoms. The Morgan fingerprint density at radius 3 is 2.81 bits per heavy atom. The van der Waals surface area contributed by atoms with E-state index in [2.05, 4.69) is 30.7 Å². The van der Waals surface area contributed by atoms with Crippen molar-refractivity contribution in [3.8, 4) is 0 Å². The standard InChI is InChI=1S/C13H21N3/c1-4-9(14)7-10-5-6-15-12(16-10)11-8-13(11,2)3/h5-6,9,11H,4,7-8,14H2,1-3H3. The zero-order chi connectivity index (χ0) is 11.8. The van der Waals surface area contributed by atoms with Crippen LogP contribution in [0, 0.1) is 5.41 Å². The number of aromatic nitrogens is 2. The summed E-state index contributed by atoms with van der Waals surface area (Å²) in [6, 6.07) is 2.20. The minimum atomic E-state index is 0.218. The van der Waals surface area contributed by atoms with Gasteiger partial charge in [-0.05, 0) is 24.3 Å². The van der Waals surface area contributed by atoms with E-state index in [-0.39, 0.29) is 6.04 Å². The molecule has 2 unspecified atom stereocenters. The van der Waals surface area contributed by atoms with Crippen LogP contribution in [0.2, 0.25) is 0 Å². The predicted molar refractivity (Wildman–Crippen MR) is 65.1 cm³/mol. The number of hydrogen-bond donors (Lipinski definition) is 1. The van der Waals surface area contributed by atoms with Crippen LogP contribution in [0.25, 0.3) is 0 Å². The van der Waals surface area contributed by atoms with Crippen molar-refractivity contribution in [2.24, 2.45) is 11.1 Å². The van der Waals surface area contributed by atoms with Gasteiger partial charge in [0.1, 0.15) is 5.82 Å². The SMILES string of the molecule is CCC(N)Cc1ccnc(C2CC2(C)C)n1. The van der Waals surface area contributed by atoms with Gasteiger partial charge in [0.15, 0.2) is 0 Å². The first kappa shape index (κ1) is 11.5. The molecular formula is C13H21N3. The second-order valence-electron chi connectivity index (χ2n) is 5.52. The second kappa shape index (κ2) is 4.13. The van der Waals surface area contributed by atoms with E-state index in [1.54, 1.807) is 0 Å². The average molecular weight is 219 g/mol. The summed E-state index contributed by atoms with van der Waals surface area (Å²) >= 11 is 0. The van der Waals surface area contributed by atoms with Gasteiger partial charge >= 0.3 is 0 Å². The topological polar surface area (TPSA) is 51.8 Å². The molecule has 2 N–H and O–H groups in total. The van der Waals surface area contributed by atoms with E-state index in [4.69, 9.17) is 5.73 Å². The Morgan fingerprint density at radius 2 is 2.25 bits per heavy atom. The van der Waals surface area contributed by atoms with Crippen molar-refractivity contribution < 1.29 is 0 Å². The highest BCUT2D eigenvalue weighted by molar-refractivity contribution is 5.17. The molecule has 0 amide bonds. The van der Waals surface area contributed by atoms with Gasteiger partial charge in [0.25, 0.3) is 0 Å². The van der Waals surface area contributed by atoms with Gasteiger partial charge in [0.2, 0.25) is 0 Å². The molecule has 0 aliphatic heterocycles. The van der Waals surface area contributed by atoms with Crippen LogP contribution in [-0.2, 0) is 6.42 Å². The van der Waals surface area contributed by atoms with Crippen LogP contribution in [0.15, 0.2) is 12.3 Å². The minimum absolute atomic E-state index is 0.218. The van der Waals surface area contributed by atoms with Gasteiger partial charge in [0.05, 0.1) is 0 Å². The fraction of sp³-hybridized carbons (Fsp3) is 0.692. The molecule has 0 spiro atoms. The molecule has 1 fully saturated rings. The van der Waals surface area contributed by atoms with Crippen molar-refractivity contribution in [1.82, 2.24) is 9.97 Å². The minimum Gasteiger partial charge on any atom is -0.327 e. The van der Waals surface area contributed by atoms with Gasteiger partial charge in [-0.2, -0.15) is 0 Å². The summed E-state index contributed by atoms with van der Waals surface area (Å²) in [7, 11) is 0. The Labute approximate surface area is 97.5 Å². The Morgan fingerprint density at radius 1 is 1.56 bits per heavy atom. The predicted octanol–water partition coefficient (Wildman–Crippen LogP) is 2.27. The van der Waals surface area contributed by atoms with E-state index >= 15 is 0 Å². The molecule has 3 nitrogen and oxygen atoms in total. The number of nitrogens with two attached hydrogens (primary N) is 1. The van der Waals surface area contributed by atoms with Crippen molar-refractivity contribution in [2.45, 2.75) is 52.0 Å².